The third-order valence-electron chi connectivity index (χ3n) is 4.30. The summed E-state index contributed by atoms with van der Waals surface area (Å²) in [5.74, 6) is 0.636. The average molecular weight is 305 g/mol. The van der Waals surface area contributed by atoms with Gasteiger partial charge in [0.05, 0.1) is 12.3 Å². The third kappa shape index (κ3) is 2.88. The van der Waals surface area contributed by atoms with Crippen molar-refractivity contribution in [1.82, 2.24) is 14.3 Å². The topological polar surface area (TPSA) is 46.8 Å². The Hall–Kier alpha value is -1.24. The van der Waals surface area contributed by atoms with Crippen LogP contribution < -0.4 is 5.56 Å². The molecule has 0 amide bonds. The van der Waals surface area contributed by atoms with Gasteiger partial charge in [0.2, 0.25) is 0 Å². The standard InChI is InChI=1S/C15H19N3O2S/c19-14-7-12(16-15-18(14)4-6-21-15)9-17(13-1-2-13)8-11-3-5-20-10-11/h4,6-7,11,13H,1-3,5,8-10H2. The molecule has 2 fully saturated rings. The Morgan fingerprint density at radius 3 is 3.10 bits per heavy atom. The monoisotopic (exact) mass is 305 g/mol. The minimum absolute atomic E-state index is 0.0243. The quantitative estimate of drug-likeness (QED) is 0.844. The first-order valence-electron chi connectivity index (χ1n) is 7.57. The lowest BCUT2D eigenvalue weighted by molar-refractivity contribution is 0.161. The zero-order valence-electron chi connectivity index (χ0n) is 11.9. The fourth-order valence-electron chi connectivity index (χ4n) is 3.02. The molecule has 1 saturated carbocycles. The molecule has 1 aliphatic carbocycles. The lowest BCUT2D eigenvalue weighted by atomic mass is 10.1. The maximum atomic E-state index is 12.1. The van der Waals surface area contributed by atoms with Gasteiger partial charge in [0.25, 0.3) is 5.56 Å². The highest BCUT2D eigenvalue weighted by molar-refractivity contribution is 7.15. The molecule has 0 N–H and O–H groups in total. The van der Waals surface area contributed by atoms with Gasteiger partial charge >= 0.3 is 0 Å². The molecule has 112 valence electrons. The second kappa shape index (κ2) is 5.51. The maximum absolute atomic E-state index is 12.1. The van der Waals surface area contributed by atoms with Crippen LogP contribution in [0.25, 0.3) is 4.96 Å². The summed E-state index contributed by atoms with van der Waals surface area (Å²) in [6.07, 6.45) is 5.48. The number of ether oxygens (including phenoxy) is 1. The molecular formula is C15H19N3O2S. The van der Waals surface area contributed by atoms with Crippen molar-refractivity contribution >= 4 is 16.3 Å². The van der Waals surface area contributed by atoms with Gasteiger partial charge in [-0.3, -0.25) is 14.1 Å². The van der Waals surface area contributed by atoms with Crippen molar-refractivity contribution in [3.63, 3.8) is 0 Å². The molecule has 0 spiro atoms. The van der Waals surface area contributed by atoms with E-state index >= 15 is 0 Å². The van der Waals surface area contributed by atoms with Gasteiger partial charge in [-0.2, -0.15) is 0 Å². The predicted octanol–water partition coefficient (Wildman–Crippen LogP) is 1.76. The van der Waals surface area contributed by atoms with Crippen LogP contribution in [0.2, 0.25) is 0 Å². The summed E-state index contributed by atoms with van der Waals surface area (Å²) in [5, 5.41) is 1.90. The molecule has 2 aromatic rings. The smallest absolute Gasteiger partial charge is 0.258 e. The molecule has 21 heavy (non-hydrogen) atoms. The number of rotatable bonds is 5. The average Bonchev–Trinajstić information content (AvgIpc) is 2.98. The first-order chi connectivity index (χ1) is 10.3. The van der Waals surface area contributed by atoms with Crippen LogP contribution in [0, 0.1) is 5.92 Å². The van der Waals surface area contributed by atoms with E-state index in [0.29, 0.717) is 12.0 Å². The van der Waals surface area contributed by atoms with E-state index in [2.05, 4.69) is 9.88 Å². The molecule has 4 rings (SSSR count). The Kier molecular flexibility index (Phi) is 3.52. The van der Waals surface area contributed by atoms with Crippen LogP contribution in [0.1, 0.15) is 25.0 Å². The molecular weight excluding hydrogens is 286 g/mol. The van der Waals surface area contributed by atoms with Gasteiger partial charge in [-0.25, -0.2) is 4.98 Å². The van der Waals surface area contributed by atoms with Gasteiger partial charge in [-0.1, -0.05) is 0 Å². The minimum Gasteiger partial charge on any atom is -0.381 e. The van der Waals surface area contributed by atoms with Gasteiger partial charge in [-0.05, 0) is 25.2 Å². The summed E-state index contributed by atoms with van der Waals surface area (Å²) >= 11 is 1.51. The molecule has 0 bridgehead atoms. The molecule has 1 unspecified atom stereocenters. The Bertz CT molecular complexity index is 686. The maximum Gasteiger partial charge on any atom is 0.258 e. The van der Waals surface area contributed by atoms with Gasteiger partial charge in [0.15, 0.2) is 4.96 Å². The molecule has 1 saturated heterocycles. The van der Waals surface area contributed by atoms with E-state index in [4.69, 9.17) is 4.74 Å². The van der Waals surface area contributed by atoms with Crippen LogP contribution in [0.15, 0.2) is 22.4 Å². The number of thiazole rings is 1. The lowest BCUT2D eigenvalue weighted by Gasteiger charge is -2.24. The van der Waals surface area contributed by atoms with Gasteiger partial charge in [0, 0.05) is 43.4 Å². The van der Waals surface area contributed by atoms with E-state index in [1.165, 1.54) is 24.2 Å². The molecule has 6 heteroatoms. The minimum atomic E-state index is 0.0243. The Morgan fingerprint density at radius 1 is 1.43 bits per heavy atom. The number of nitrogens with zero attached hydrogens (tertiary/aromatic N) is 3. The molecule has 0 radical (unpaired) electrons. The second-order valence-electron chi connectivity index (χ2n) is 6.03. The highest BCUT2D eigenvalue weighted by atomic mass is 32.1. The summed E-state index contributed by atoms with van der Waals surface area (Å²) in [6, 6.07) is 2.36. The second-order valence-corrected chi connectivity index (χ2v) is 6.90. The lowest BCUT2D eigenvalue weighted by Crippen LogP contribution is -2.32. The Balaban J connectivity index is 1.54. The van der Waals surface area contributed by atoms with Crippen LogP contribution in [-0.2, 0) is 11.3 Å². The van der Waals surface area contributed by atoms with E-state index in [-0.39, 0.29) is 5.56 Å². The molecule has 1 atom stereocenters. The van der Waals surface area contributed by atoms with Crippen molar-refractivity contribution < 1.29 is 4.74 Å². The fourth-order valence-corrected chi connectivity index (χ4v) is 3.76. The zero-order valence-corrected chi connectivity index (χ0v) is 12.7. The normalized spacial score (nSPS) is 22.4. The molecule has 2 aliphatic rings. The van der Waals surface area contributed by atoms with Crippen LogP contribution >= 0.6 is 11.3 Å². The van der Waals surface area contributed by atoms with Crippen LogP contribution in [0.3, 0.4) is 0 Å². The summed E-state index contributed by atoms with van der Waals surface area (Å²) in [7, 11) is 0. The van der Waals surface area contributed by atoms with Crippen molar-refractivity contribution in [2.45, 2.75) is 31.8 Å². The van der Waals surface area contributed by atoms with Crippen molar-refractivity contribution in [1.29, 1.82) is 0 Å². The first-order valence-corrected chi connectivity index (χ1v) is 8.45. The predicted molar refractivity (Wildman–Crippen MR) is 81.7 cm³/mol. The van der Waals surface area contributed by atoms with E-state index in [9.17, 15) is 4.79 Å². The molecule has 1 aliphatic heterocycles. The SMILES string of the molecule is O=c1cc(CN(CC2CCOC2)C2CC2)nc2sccn12. The van der Waals surface area contributed by atoms with Crippen molar-refractivity contribution in [3.8, 4) is 0 Å². The molecule has 0 aromatic carbocycles. The van der Waals surface area contributed by atoms with Crippen molar-refractivity contribution in [3.05, 3.63) is 33.7 Å². The highest BCUT2D eigenvalue weighted by Crippen LogP contribution is 2.30. The number of aromatic nitrogens is 2. The largest absolute Gasteiger partial charge is 0.381 e. The zero-order chi connectivity index (χ0) is 14.2. The van der Waals surface area contributed by atoms with Gasteiger partial charge in [0.1, 0.15) is 0 Å². The number of hydrogen-bond donors (Lipinski definition) is 0. The summed E-state index contributed by atoms with van der Waals surface area (Å²) in [6.45, 7) is 3.62. The van der Waals surface area contributed by atoms with Gasteiger partial charge in [-0.15, -0.1) is 11.3 Å². The molecule has 3 heterocycles. The van der Waals surface area contributed by atoms with E-state index in [0.717, 1.165) is 43.4 Å². The molecule has 5 nitrogen and oxygen atoms in total. The third-order valence-corrected chi connectivity index (χ3v) is 5.06. The summed E-state index contributed by atoms with van der Waals surface area (Å²) in [4.78, 5) is 20.0. The van der Waals surface area contributed by atoms with Crippen LogP contribution in [-0.4, -0.2) is 40.1 Å². The summed E-state index contributed by atoms with van der Waals surface area (Å²) < 4.78 is 7.09. The highest BCUT2D eigenvalue weighted by Gasteiger charge is 2.31. The van der Waals surface area contributed by atoms with E-state index < -0.39 is 0 Å². The summed E-state index contributed by atoms with van der Waals surface area (Å²) in [5.41, 5.74) is 0.921. The molecule has 2 aromatic heterocycles. The van der Waals surface area contributed by atoms with Gasteiger partial charge < -0.3 is 4.74 Å². The Labute approximate surface area is 127 Å². The Morgan fingerprint density at radius 2 is 2.33 bits per heavy atom. The fraction of sp³-hybridized carbons (Fsp3) is 0.600. The van der Waals surface area contributed by atoms with Crippen LogP contribution in [0.4, 0.5) is 0 Å². The number of fused-ring (bicyclic) bond motifs is 1. The van der Waals surface area contributed by atoms with Crippen molar-refractivity contribution in [2.75, 3.05) is 19.8 Å². The first kappa shape index (κ1) is 13.4. The van der Waals surface area contributed by atoms with Crippen molar-refractivity contribution in [2.24, 2.45) is 5.92 Å². The van der Waals surface area contributed by atoms with E-state index in [1.54, 1.807) is 16.7 Å². The van der Waals surface area contributed by atoms with E-state index in [1.807, 2.05) is 5.38 Å². The van der Waals surface area contributed by atoms with Crippen LogP contribution in [0.5, 0.6) is 0 Å². The number of hydrogen-bond acceptors (Lipinski definition) is 5.